The number of aromatic nitrogens is 2. The van der Waals surface area contributed by atoms with Gasteiger partial charge in [-0.25, -0.2) is 9.13 Å². The van der Waals surface area contributed by atoms with Crippen molar-refractivity contribution in [1.82, 2.24) is 9.80 Å². The quantitative estimate of drug-likeness (QED) is 0.186. The zero-order valence-corrected chi connectivity index (χ0v) is 26.7. The molecule has 8 heteroatoms. The van der Waals surface area contributed by atoms with Crippen molar-refractivity contribution in [2.45, 2.75) is 48.6 Å². The summed E-state index contributed by atoms with van der Waals surface area (Å²) in [6.45, 7) is 1.55. The number of hydrogen-bond donors (Lipinski definition) is 2. The Bertz CT molecular complexity index is 1730. The van der Waals surface area contributed by atoms with Crippen LogP contribution >= 0.6 is 21.6 Å². The maximum atomic E-state index is 9.21. The molecule has 0 fully saturated rings. The van der Waals surface area contributed by atoms with Gasteiger partial charge in [-0.2, -0.15) is 0 Å². The van der Waals surface area contributed by atoms with E-state index < -0.39 is 0 Å². The van der Waals surface area contributed by atoms with Crippen LogP contribution in [0.2, 0.25) is 0 Å². The molecule has 2 N–H and O–H groups in total. The molecular formula is C36H36N4O2S2+2. The first-order chi connectivity index (χ1) is 21.6. The van der Waals surface area contributed by atoms with Crippen LogP contribution in [0.1, 0.15) is 44.5 Å². The van der Waals surface area contributed by atoms with Crippen LogP contribution in [0.4, 0.5) is 0 Å². The second-order valence-electron chi connectivity index (χ2n) is 11.9. The van der Waals surface area contributed by atoms with Gasteiger partial charge in [0.1, 0.15) is 13.2 Å². The average molecular weight is 621 g/mol. The topological polar surface area (TPSA) is 54.2 Å². The van der Waals surface area contributed by atoms with Crippen molar-refractivity contribution in [3.05, 3.63) is 118 Å². The molecule has 2 aliphatic carbocycles. The maximum absolute atomic E-state index is 9.21. The Morgan fingerprint density at radius 1 is 0.545 bits per heavy atom. The van der Waals surface area contributed by atoms with Gasteiger partial charge in [0, 0.05) is 70.4 Å². The van der Waals surface area contributed by atoms with E-state index in [1.54, 1.807) is 0 Å². The molecule has 4 aromatic rings. The van der Waals surface area contributed by atoms with E-state index in [1.807, 2.05) is 30.7 Å². The predicted octanol–water partition coefficient (Wildman–Crippen LogP) is 4.79. The highest BCUT2D eigenvalue weighted by Gasteiger charge is 2.38. The number of aliphatic hydroxyl groups is 2. The van der Waals surface area contributed by atoms with E-state index in [0.717, 1.165) is 25.7 Å². The van der Waals surface area contributed by atoms with Gasteiger partial charge < -0.3 is 20.0 Å². The minimum Gasteiger partial charge on any atom is -0.390 e. The highest BCUT2D eigenvalue weighted by molar-refractivity contribution is 8.76. The van der Waals surface area contributed by atoms with E-state index in [0.29, 0.717) is 13.1 Å². The summed E-state index contributed by atoms with van der Waals surface area (Å²) in [6, 6.07) is 17.9. The number of hydrogen-bond acceptors (Lipinski definition) is 6. The Balaban J connectivity index is 0.992. The van der Waals surface area contributed by atoms with E-state index in [2.05, 4.69) is 97.2 Å². The van der Waals surface area contributed by atoms with E-state index >= 15 is 0 Å². The van der Waals surface area contributed by atoms with E-state index in [-0.39, 0.29) is 13.2 Å². The molecule has 2 aromatic carbocycles. The smallest absolute Gasteiger partial charge is 0.171 e. The summed E-state index contributed by atoms with van der Waals surface area (Å²) in [6.07, 6.45) is 12.8. The highest BCUT2D eigenvalue weighted by atomic mass is 33.1. The lowest BCUT2D eigenvalue weighted by molar-refractivity contribution is -0.698. The van der Waals surface area contributed by atoms with Crippen LogP contribution in [0.3, 0.4) is 0 Å². The molecule has 0 atom stereocenters. The highest BCUT2D eigenvalue weighted by Crippen LogP contribution is 2.53. The number of aliphatic hydroxyl groups excluding tert-OH is 2. The van der Waals surface area contributed by atoms with Crippen LogP contribution in [0.5, 0.6) is 0 Å². The first kappa shape index (κ1) is 28.0. The number of benzene rings is 2. The van der Waals surface area contributed by atoms with Gasteiger partial charge in [0.2, 0.25) is 0 Å². The van der Waals surface area contributed by atoms with Gasteiger partial charge in [-0.05, 0) is 60.1 Å². The molecule has 0 unspecified atom stereocenters. The SMILES string of the molecule is CN1C(c2cc[n+](CCO)cc2)=C1c1ccc(SSc2ccc(C3=C(c4cc[n+](CCO)cc4)N3C)c3c2CC3)c2c1CC2. The minimum atomic E-state index is 0.152. The molecule has 0 saturated heterocycles. The zero-order chi connectivity index (χ0) is 29.9. The summed E-state index contributed by atoms with van der Waals surface area (Å²) < 4.78 is 4.03. The molecule has 0 spiro atoms. The van der Waals surface area contributed by atoms with Gasteiger partial charge >= 0.3 is 0 Å². The van der Waals surface area contributed by atoms with Gasteiger partial charge in [0.05, 0.1) is 22.8 Å². The largest absolute Gasteiger partial charge is 0.390 e. The van der Waals surface area contributed by atoms with E-state index in [1.165, 1.54) is 77.1 Å². The molecular weight excluding hydrogens is 585 g/mol. The van der Waals surface area contributed by atoms with Crippen LogP contribution in [-0.4, -0.2) is 47.3 Å². The third kappa shape index (κ3) is 4.67. The number of rotatable bonds is 11. The van der Waals surface area contributed by atoms with Crippen molar-refractivity contribution in [3.63, 3.8) is 0 Å². The molecule has 0 amide bonds. The van der Waals surface area contributed by atoms with Crippen molar-refractivity contribution >= 4 is 44.4 Å². The summed E-state index contributed by atoms with van der Waals surface area (Å²) in [5.41, 5.74) is 16.6. The lowest BCUT2D eigenvalue weighted by atomic mass is 9.84. The van der Waals surface area contributed by atoms with Crippen molar-refractivity contribution < 1.29 is 19.3 Å². The lowest BCUT2D eigenvalue weighted by Crippen LogP contribution is -2.34. The molecule has 4 heterocycles. The van der Waals surface area contributed by atoms with Gasteiger partial charge in [0.15, 0.2) is 37.9 Å². The van der Waals surface area contributed by atoms with Crippen molar-refractivity contribution in [3.8, 4) is 0 Å². The lowest BCUT2D eigenvalue weighted by Gasteiger charge is -2.27. The number of pyridine rings is 2. The summed E-state index contributed by atoms with van der Waals surface area (Å²) in [7, 11) is 8.17. The van der Waals surface area contributed by atoms with Crippen LogP contribution in [0.25, 0.3) is 22.8 Å². The van der Waals surface area contributed by atoms with Gasteiger partial charge in [-0.1, -0.05) is 33.7 Å². The number of nitrogens with zero attached hydrogens (tertiary/aromatic N) is 4. The summed E-state index contributed by atoms with van der Waals surface area (Å²) in [5, 5.41) is 18.4. The zero-order valence-electron chi connectivity index (χ0n) is 25.1. The predicted molar refractivity (Wildman–Crippen MR) is 176 cm³/mol. The Labute approximate surface area is 266 Å². The van der Waals surface area contributed by atoms with Crippen LogP contribution in [0, 0.1) is 0 Å². The third-order valence-corrected chi connectivity index (χ3v) is 12.0. The second-order valence-corrected chi connectivity index (χ2v) is 14.1. The third-order valence-electron chi connectivity index (χ3n) is 9.49. The monoisotopic (exact) mass is 620 g/mol. The maximum Gasteiger partial charge on any atom is 0.171 e. The van der Waals surface area contributed by atoms with E-state index in [4.69, 9.17) is 0 Å². The van der Waals surface area contributed by atoms with Crippen LogP contribution in [-0.2, 0) is 38.8 Å². The van der Waals surface area contributed by atoms with Gasteiger partial charge in [-0.15, -0.1) is 0 Å². The first-order valence-electron chi connectivity index (χ1n) is 15.4. The molecule has 0 bridgehead atoms. The molecule has 8 rings (SSSR count). The molecule has 0 saturated carbocycles. The standard InChI is InChI=1S/C36H36N4O2S2/c1-37-33(23-11-15-39(16-12-23)19-21-41)35(37)29-7-9-31(27-5-3-25(27)29)43-44-32-10-8-30(26-4-6-28(26)32)36-34(38(36)2)24-13-17-40(18-14-24)20-22-42/h7-18,41-42H,3-6,19-22H2,1-2H3/q+2. The van der Waals surface area contributed by atoms with Crippen molar-refractivity contribution in [2.75, 3.05) is 27.3 Å². The van der Waals surface area contributed by atoms with Crippen LogP contribution in [0.15, 0.2) is 83.1 Å². The summed E-state index contributed by atoms with van der Waals surface area (Å²) in [4.78, 5) is 7.43. The molecule has 2 aromatic heterocycles. The Morgan fingerprint density at radius 2 is 0.932 bits per heavy atom. The van der Waals surface area contributed by atoms with Gasteiger partial charge in [-0.3, -0.25) is 0 Å². The molecule has 2 aliphatic heterocycles. The van der Waals surface area contributed by atoms with Crippen LogP contribution < -0.4 is 9.13 Å². The number of fused-ring (bicyclic) bond motifs is 2. The summed E-state index contributed by atoms with van der Waals surface area (Å²) >= 11 is 0. The fraction of sp³-hybridized carbons (Fsp3) is 0.278. The van der Waals surface area contributed by atoms with E-state index in [9.17, 15) is 10.2 Å². The minimum absolute atomic E-state index is 0.152. The fourth-order valence-corrected chi connectivity index (χ4v) is 9.38. The average Bonchev–Trinajstić information content (AvgIpc) is 3.87. The normalized spacial score (nSPS) is 16.1. The molecule has 0 radical (unpaired) electrons. The summed E-state index contributed by atoms with van der Waals surface area (Å²) in [5.74, 6) is 0. The second kappa shape index (κ2) is 11.1. The molecule has 4 aliphatic rings. The van der Waals surface area contributed by atoms with Crippen molar-refractivity contribution in [2.24, 2.45) is 0 Å². The fourth-order valence-electron chi connectivity index (χ4n) is 6.83. The first-order valence-corrected chi connectivity index (χ1v) is 17.5. The van der Waals surface area contributed by atoms with Crippen molar-refractivity contribution in [1.29, 1.82) is 0 Å². The molecule has 6 nitrogen and oxygen atoms in total. The molecule has 222 valence electrons. The Morgan fingerprint density at radius 3 is 1.27 bits per heavy atom. The Kier molecular flexibility index (Phi) is 7.05. The Hall–Kier alpha value is -3.56. The van der Waals surface area contributed by atoms with Gasteiger partial charge in [0.25, 0.3) is 0 Å². The molecule has 44 heavy (non-hydrogen) atoms.